The van der Waals surface area contributed by atoms with Gasteiger partial charge in [-0.05, 0) is 56.0 Å². The molecule has 0 N–H and O–H groups in total. The molecule has 0 radical (unpaired) electrons. The number of hydrogen-bond acceptors (Lipinski definition) is 3. The van der Waals surface area contributed by atoms with Gasteiger partial charge in [0.2, 0.25) is 8.32 Å². The van der Waals surface area contributed by atoms with Crippen molar-refractivity contribution in [2.24, 2.45) is 5.41 Å². The largest absolute Gasteiger partial charge is 0.547 e. The number of esters is 1. The second kappa shape index (κ2) is 6.70. The first-order chi connectivity index (χ1) is 10.9. The van der Waals surface area contributed by atoms with E-state index in [1.807, 2.05) is 0 Å². The molecule has 0 spiro atoms. The smallest absolute Gasteiger partial charge is 0.334 e. The fraction of sp³-hybridized carbons (Fsp3) is 0.750. The first kappa shape index (κ1) is 19.3. The maximum Gasteiger partial charge on any atom is 0.334 e. The molecule has 0 fully saturated rings. The molecule has 1 heterocycles. The van der Waals surface area contributed by atoms with Crippen LogP contribution in [0.1, 0.15) is 66.7 Å². The summed E-state index contributed by atoms with van der Waals surface area (Å²) >= 11 is 0. The van der Waals surface area contributed by atoms with Crippen LogP contribution in [0, 0.1) is 5.41 Å². The van der Waals surface area contributed by atoms with Gasteiger partial charge in [0, 0.05) is 17.4 Å². The highest BCUT2D eigenvalue weighted by atomic mass is 28.4. The second-order valence-electron chi connectivity index (χ2n) is 9.45. The zero-order valence-electron chi connectivity index (χ0n) is 16.5. The highest BCUT2D eigenvalue weighted by Gasteiger charge is 2.40. The molecule has 1 atom stereocenters. The van der Waals surface area contributed by atoms with E-state index in [1.165, 1.54) is 0 Å². The van der Waals surface area contributed by atoms with Crippen molar-refractivity contribution in [1.82, 2.24) is 0 Å². The highest BCUT2D eigenvalue weighted by molar-refractivity contribution is 6.74. The highest BCUT2D eigenvalue weighted by Crippen LogP contribution is 2.40. The van der Waals surface area contributed by atoms with Crippen LogP contribution in [0.25, 0.3) is 0 Å². The van der Waals surface area contributed by atoms with Crippen LogP contribution >= 0.6 is 0 Å². The van der Waals surface area contributed by atoms with Crippen molar-refractivity contribution in [1.29, 1.82) is 0 Å². The van der Waals surface area contributed by atoms with Crippen molar-refractivity contribution >= 4 is 14.3 Å². The van der Waals surface area contributed by atoms with Crippen LogP contribution in [0.5, 0.6) is 0 Å². The van der Waals surface area contributed by atoms with E-state index in [0.717, 1.165) is 43.4 Å². The normalized spacial score (nSPS) is 27.5. The van der Waals surface area contributed by atoms with E-state index in [9.17, 15) is 4.79 Å². The Morgan fingerprint density at radius 1 is 1.21 bits per heavy atom. The Hall–Kier alpha value is -1.03. The SMILES string of the molecule is CC1(C)C/C=C(/O[Si](C)(C)C(C)(C)C)CCCCC2=C[C@@H]1OC2=O. The number of carbonyl (C=O) groups is 1. The Bertz CT molecular complexity index is 550. The van der Waals surface area contributed by atoms with Gasteiger partial charge in [-0.25, -0.2) is 4.79 Å². The number of fused-ring (bicyclic) bond motifs is 1. The lowest BCUT2D eigenvalue weighted by Gasteiger charge is -2.38. The third-order valence-electron chi connectivity index (χ3n) is 5.79. The molecule has 0 amide bonds. The van der Waals surface area contributed by atoms with E-state index in [4.69, 9.17) is 9.16 Å². The summed E-state index contributed by atoms with van der Waals surface area (Å²) < 4.78 is 12.2. The van der Waals surface area contributed by atoms with Crippen LogP contribution in [0.2, 0.25) is 18.1 Å². The molecule has 3 nitrogen and oxygen atoms in total. The van der Waals surface area contributed by atoms with Gasteiger partial charge < -0.3 is 9.16 Å². The summed E-state index contributed by atoms with van der Waals surface area (Å²) in [5.74, 6) is 1.03. The molecule has 0 aromatic carbocycles. The molecular formula is C20H34O3Si. The van der Waals surface area contributed by atoms with Crippen molar-refractivity contribution in [3.63, 3.8) is 0 Å². The minimum atomic E-state index is -1.81. The molecule has 0 aromatic rings. The van der Waals surface area contributed by atoms with Gasteiger partial charge in [-0.2, -0.15) is 0 Å². The van der Waals surface area contributed by atoms with E-state index < -0.39 is 8.32 Å². The predicted octanol–water partition coefficient (Wildman–Crippen LogP) is 5.73. The lowest BCUT2D eigenvalue weighted by Crippen LogP contribution is -2.40. The molecule has 0 aromatic heterocycles. The maximum atomic E-state index is 12.0. The standard InChI is InChI=1S/C20H34O3Si/c1-19(2,3)24(6,7)23-16-11-9-8-10-15-14-17(22-18(15)21)20(4,5)13-12-16/h12,14,17H,8-11,13H2,1-7H3/b16-12+/t17-/m0/s1. The Morgan fingerprint density at radius 3 is 2.46 bits per heavy atom. The number of ether oxygens (including phenoxy) is 1. The maximum absolute atomic E-state index is 12.0. The number of rotatable bonds is 2. The van der Waals surface area contributed by atoms with Gasteiger partial charge in [-0.1, -0.05) is 34.6 Å². The Balaban J connectivity index is 2.20. The van der Waals surface area contributed by atoms with Gasteiger partial charge in [0.05, 0.1) is 5.76 Å². The van der Waals surface area contributed by atoms with Crippen molar-refractivity contribution in [3.05, 3.63) is 23.5 Å². The van der Waals surface area contributed by atoms with Gasteiger partial charge in [-0.3, -0.25) is 0 Å². The quantitative estimate of drug-likeness (QED) is 0.471. The van der Waals surface area contributed by atoms with Crippen molar-refractivity contribution < 1.29 is 14.0 Å². The average Bonchev–Trinajstić information content (AvgIpc) is 2.80. The van der Waals surface area contributed by atoms with E-state index in [0.29, 0.717) is 0 Å². The zero-order chi connectivity index (χ0) is 18.2. The molecule has 4 heteroatoms. The fourth-order valence-corrected chi connectivity index (χ4v) is 3.98. The lowest BCUT2D eigenvalue weighted by molar-refractivity contribution is -0.143. The number of allylic oxidation sites excluding steroid dienone is 2. The van der Waals surface area contributed by atoms with Crippen LogP contribution in [-0.2, 0) is 14.0 Å². The Kier molecular flexibility index (Phi) is 5.39. The minimum Gasteiger partial charge on any atom is -0.547 e. The molecule has 24 heavy (non-hydrogen) atoms. The Morgan fingerprint density at radius 2 is 1.83 bits per heavy atom. The van der Waals surface area contributed by atoms with Crippen LogP contribution < -0.4 is 0 Å². The molecule has 0 saturated heterocycles. The minimum absolute atomic E-state index is 0.107. The van der Waals surface area contributed by atoms with E-state index in [-0.39, 0.29) is 22.5 Å². The number of hydrogen-bond donors (Lipinski definition) is 0. The summed E-state index contributed by atoms with van der Waals surface area (Å²) in [6, 6.07) is 0. The summed E-state index contributed by atoms with van der Waals surface area (Å²) in [5, 5.41) is 0.202. The summed E-state index contributed by atoms with van der Waals surface area (Å²) in [5.41, 5.74) is 0.755. The summed E-state index contributed by atoms with van der Waals surface area (Å²) in [6.45, 7) is 15.8. The molecular weight excluding hydrogens is 316 g/mol. The predicted molar refractivity (Wildman–Crippen MR) is 101 cm³/mol. The lowest BCUT2D eigenvalue weighted by atomic mass is 9.82. The molecule has 2 rings (SSSR count). The van der Waals surface area contributed by atoms with Crippen LogP contribution in [0.4, 0.5) is 0 Å². The number of carbonyl (C=O) groups excluding carboxylic acids is 1. The van der Waals surface area contributed by atoms with E-state index >= 15 is 0 Å². The van der Waals surface area contributed by atoms with Crippen molar-refractivity contribution in [2.75, 3.05) is 0 Å². The first-order valence-corrected chi connectivity index (χ1v) is 12.1. The molecule has 0 unspecified atom stereocenters. The molecule has 136 valence electrons. The fourth-order valence-electron chi connectivity index (χ4n) is 2.83. The topological polar surface area (TPSA) is 35.5 Å². The monoisotopic (exact) mass is 350 g/mol. The second-order valence-corrected chi connectivity index (χ2v) is 14.2. The third kappa shape index (κ3) is 4.32. The van der Waals surface area contributed by atoms with Crippen LogP contribution in [0.15, 0.2) is 23.5 Å². The van der Waals surface area contributed by atoms with E-state index in [2.05, 4.69) is 59.9 Å². The van der Waals surface area contributed by atoms with E-state index in [1.54, 1.807) is 0 Å². The molecule has 2 bridgehead atoms. The molecule has 2 aliphatic rings. The van der Waals surface area contributed by atoms with Gasteiger partial charge >= 0.3 is 5.97 Å². The van der Waals surface area contributed by atoms with Gasteiger partial charge in [0.1, 0.15) is 6.10 Å². The van der Waals surface area contributed by atoms with Gasteiger partial charge in [0.15, 0.2) is 0 Å². The molecule has 1 aliphatic carbocycles. The third-order valence-corrected chi connectivity index (χ3v) is 10.2. The Labute approximate surface area is 148 Å². The van der Waals surface area contributed by atoms with Crippen LogP contribution in [0.3, 0.4) is 0 Å². The van der Waals surface area contributed by atoms with Gasteiger partial charge in [0.25, 0.3) is 0 Å². The van der Waals surface area contributed by atoms with Gasteiger partial charge in [-0.15, -0.1) is 0 Å². The van der Waals surface area contributed by atoms with Crippen molar-refractivity contribution in [3.8, 4) is 0 Å². The summed E-state index contributed by atoms with van der Waals surface area (Å²) in [6.07, 6.45) is 8.89. The summed E-state index contributed by atoms with van der Waals surface area (Å²) in [4.78, 5) is 12.0. The molecule has 0 saturated carbocycles. The first-order valence-electron chi connectivity index (χ1n) is 9.22. The van der Waals surface area contributed by atoms with Crippen molar-refractivity contribution in [2.45, 2.75) is 91.0 Å². The van der Waals surface area contributed by atoms with Crippen LogP contribution in [-0.4, -0.2) is 20.4 Å². The average molecular weight is 351 g/mol. The zero-order valence-corrected chi connectivity index (χ0v) is 17.5. The summed E-state index contributed by atoms with van der Waals surface area (Å²) in [7, 11) is -1.81. The molecule has 1 aliphatic heterocycles.